The molecular weight excluding hydrogens is 430 g/mol. The summed E-state index contributed by atoms with van der Waals surface area (Å²) in [5.74, 6) is -0.722. The summed E-state index contributed by atoms with van der Waals surface area (Å²) >= 11 is 0. The lowest BCUT2D eigenvalue weighted by atomic mass is 10.2. The first-order chi connectivity index (χ1) is 14.3. The number of carbonyl (C=O) groups is 2. The van der Waals surface area contributed by atoms with Gasteiger partial charge in [-0.2, -0.15) is 4.98 Å². The molecular formula is C18H25N5O5S2. The first-order valence-corrected chi connectivity index (χ1v) is 11.8. The number of nitrogens with two attached hydrogens (primary N) is 1. The van der Waals surface area contributed by atoms with Gasteiger partial charge >= 0.3 is 11.9 Å². The molecule has 3 heterocycles. The molecule has 0 spiro atoms. The van der Waals surface area contributed by atoms with Crippen LogP contribution in [0.25, 0.3) is 11.2 Å². The number of rotatable bonds is 8. The van der Waals surface area contributed by atoms with Crippen LogP contribution in [0.2, 0.25) is 0 Å². The van der Waals surface area contributed by atoms with Gasteiger partial charge in [0.1, 0.15) is 35.6 Å². The highest BCUT2D eigenvalue weighted by atomic mass is 33.1. The maximum atomic E-state index is 11.5. The highest BCUT2D eigenvalue weighted by Crippen LogP contribution is 2.39. The minimum Gasteiger partial charge on any atom is -0.463 e. The fraction of sp³-hybridized carbons (Fsp3) is 0.611. The summed E-state index contributed by atoms with van der Waals surface area (Å²) in [5, 5.41) is 1.14. The summed E-state index contributed by atoms with van der Waals surface area (Å²) < 4.78 is 18.2. The van der Waals surface area contributed by atoms with Crippen LogP contribution in [0, 0.1) is 0 Å². The van der Waals surface area contributed by atoms with Gasteiger partial charge in [-0.3, -0.25) is 14.2 Å². The van der Waals surface area contributed by atoms with E-state index in [4.69, 9.17) is 19.9 Å². The fourth-order valence-electron chi connectivity index (χ4n) is 2.93. The highest BCUT2D eigenvalue weighted by Gasteiger charge is 2.40. The zero-order valence-corrected chi connectivity index (χ0v) is 18.9. The van der Waals surface area contributed by atoms with Crippen LogP contribution in [0.4, 0.5) is 5.95 Å². The number of nitrogens with zero attached hydrogens (tertiary/aromatic N) is 4. The van der Waals surface area contributed by atoms with E-state index in [1.54, 1.807) is 21.7 Å². The normalized spacial score (nSPS) is 22.2. The van der Waals surface area contributed by atoms with Crippen LogP contribution in [0.3, 0.4) is 0 Å². The van der Waals surface area contributed by atoms with Crippen molar-refractivity contribution in [1.82, 2.24) is 19.5 Å². The van der Waals surface area contributed by atoms with Crippen molar-refractivity contribution >= 4 is 50.6 Å². The van der Waals surface area contributed by atoms with Crippen molar-refractivity contribution in [3.63, 3.8) is 0 Å². The van der Waals surface area contributed by atoms with Crippen molar-refractivity contribution < 1.29 is 23.8 Å². The molecule has 12 heteroatoms. The number of hydrogen-bond acceptors (Lipinski definition) is 11. The average molecular weight is 456 g/mol. The third kappa shape index (κ3) is 5.35. The van der Waals surface area contributed by atoms with Gasteiger partial charge in [0.25, 0.3) is 0 Å². The molecule has 2 aromatic heterocycles. The van der Waals surface area contributed by atoms with Gasteiger partial charge in [0.2, 0.25) is 5.95 Å². The molecule has 1 aliphatic heterocycles. The minimum absolute atomic E-state index is 0.0137. The summed E-state index contributed by atoms with van der Waals surface area (Å²) in [6, 6.07) is 0. The van der Waals surface area contributed by atoms with Crippen molar-refractivity contribution in [3.05, 3.63) is 6.33 Å². The molecule has 1 fully saturated rings. The Morgan fingerprint density at radius 2 is 2.13 bits per heavy atom. The first kappa shape index (κ1) is 22.6. The lowest BCUT2D eigenvalue weighted by Crippen LogP contribution is -2.31. The van der Waals surface area contributed by atoms with Gasteiger partial charge in [-0.15, -0.1) is 0 Å². The standard InChI is InChI=1S/C18H25N5O5S2/c1-5-9(2)29-30-17-15-16(21-18(19)22-17)23(8-20-15)14-6-12(27-11(4)25)13(28-14)7-26-10(3)24/h8-9,12-14H,5-7H2,1-4H3,(H2,19,21,22)/t9?,12-,13+,14?/m0/s1. The van der Waals surface area contributed by atoms with E-state index < -0.39 is 30.4 Å². The lowest BCUT2D eigenvalue weighted by Gasteiger charge is -2.17. The van der Waals surface area contributed by atoms with Gasteiger partial charge in [-0.25, -0.2) is 9.97 Å². The predicted octanol–water partition coefficient (Wildman–Crippen LogP) is 2.73. The Morgan fingerprint density at radius 1 is 1.37 bits per heavy atom. The van der Waals surface area contributed by atoms with Crippen LogP contribution < -0.4 is 5.73 Å². The predicted molar refractivity (Wildman–Crippen MR) is 114 cm³/mol. The fourth-order valence-corrected chi connectivity index (χ4v) is 5.20. The Hall–Kier alpha value is -2.05. The molecule has 1 aliphatic rings. The van der Waals surface area contributed by atoms with Crippen molar-refractivity contribution in [2.45, 2.75) is 69.2 Å². The average Bonchev–Trinajstić information content (AvgIpc) is 3.27. The summed E-state index contributed by atoms with van der Waals surface area (Å²) in [5.41, 5.74) is 7.10. The minimum atomic E-state index is -0.589. The molecule has 0 bridgehead atoms. The van der Waals surface area contributed by atoms with Crippen LogP contribution >= 0.6 is 21.6 Å². The quantitative estimate of drug-likeness (QED) is 0.358. The number of carbonyl (C=O) groups excluding carboxylic acids is 2. The van der Waals surface area contributed by atoms with Crippen LogP contribution in [0.15, 0.2) is 11.4 Å². The van der Waals surface area contributed by atoms with E-state index in [1.165, 1.54) is 24.6 Å². The van der Waals surface area contributed by atoms with Crippen molar-refractivity contribution in [2.24, 2.45) is 0 Å². The van der Waals surface area contributed by atoms with Gasteiger partial charge < -0.3 is 19.9 Å². The molecule has 164 valence electrons. The molecule has 3 rings (SSSR count). The number of aromatic nitrogens is 4. The monoisotopic (exact) mass is 455 g/mol. The molecule has 0 aromatic carbocycles. The molecule has 1 saturated heterocycles. The number of fused-ring (bicyclic) bond motifs is 1. The highest BCUT2D eigenvalue weighted by molar-refractivity contribution is 8.77. The Labute approximate surface area is 182 Å². The van der Waals surface area contributed by atoms with Crippen LogP contribution in [0.1, 0.15) is 46.8 Å². The maximum Gasteiger partial charge on any atom is 0.303 e. The largest absolute Gasteiger partial charge is 0.463 e. The van der Waals surface area contributed by atoms with Crippen molar-refractivity contribution in [2.75, 3.05) is 12.3 Å². The van der Waals surface area contributed by atoms with Gasteiger partial charge in [0.15, 0.2) is 5.65 Å². The molecule has 30 heavy (non-hydrogen) atoms. The summed E-state index contributed by atoms with van der Waals surface area (Å²) in [4.78, 5) is 35.8. The smallest absolute Gasteiger partial charge is 0.303 e. The molecule has 2 aromatic rings. The topological polar surface area (TPSA) is 131 Å². The number of imidazole rings is 1. The van der Waals surface area contributed by atoms with Gasteiger partial charge in [-0.1, -0.05) is 24.6 Å². The lowest BCUT2D eigenvalue weighted by molar-refractivity contribution is -0.155. The van der Waals surface area contributed by atoms with Gasteiger partial charge in [0.05, 0.1) is 6.33 Å². The number of anilines is 1. The van der Waals surface area contributed by atoms with E-state index >= 15 is 0 Å². The maximum absolute atomic E-state index is 11.5. The van der Waals surface area contributed by atoms with Crippen molar-refractivity contribution in [1.29, 1.82) is 0 Å². The number of hydrogen-bond donors (Lipinski definition) is 1. The third-order valence-electron chi connectivity index (χ3n) is 4.53. The molecule has 2 unspecified atom stereocenters. The van der Waals surface area contributed by atoms with Crippen molar-refractivity contribution in [3.8, 4) is 0 Å². The second-order valence-corrected chi connectivity index (χ2v) is 9.55. The van der Waals surface area contributed by atoms with E-state index in [0.717, 1.165) is 6.42 Å². The number of ether oxygens (including phenoxy) is 3. The molecule has 0 aliphatic carbocycles. The Balaban J connectivity index is 1.85. The second-order valence-electron chi connectivity index (χ2n) is 6.92. The summed E-state index contributed by atoms with van der Waals surface area (Å²) in [6.07, 6.45) is 1.36. The van der Waals surface area contributed by atoms with Gasteiger partial charge in [-0.05, 0) is 17.2 Å². The zero-order valence-electron chi connectivity index (χ0n) is 17.2. The molecule has 10 nitrogen and oxygen atoms in total. The summed E-state index contributed by atoms with van der Waals surface area (Å²) in [7, 11) is 3.21. The van der Waals surface area contributed by atoms with Crippen LogP contribution in [0.5, 0.6) is 0 Å². The number of esters is 2. The Kier molecular flexibility index (Phi) is 7.42. The summed E-state index contributed by atoms with van der Waals surface area (Å²) in [6.45, 7) is 6.89. The van der Waals surface area contributed by atoms with Gasteiger partial charge in [0, 0.05) is 25.5 Å². The second kappa shape index (κ2) is 9.84. The molecule has 0 saturated carbocycles. The van der Waals surface area contributed by atoms with E-state index in [1.807, 2.05) is 0 Å². The van der Waals surface area contributed by atoms with Crippen LogP contribution in [-0.4, -0.2) is 55.5 Å². The number of nitrogen functional groups attached to an aromatic ring is 1. The Morgan fingerprint density at radius 3 is 2.80 bits per heavy atom. The van der Waals surface area contributed by atoms with E-state index in [0.29, 0.717) is 27.9 Å². The van der Waals surface area contributed by atoms with Crippen LogP contribution in [-0.2, 0) is 23.8 Å². The molecule has 0 radical (unpaired) electrons. The molecule has 2 N–H and O–H groups in total. The zero-order chi connectivity index (χ0) is 21.8. The molecule has 4 atom stereocenters. The Bertz CT molecular complexity index is 924. The van der Waals surface area contributed by atoms with E-state index in [9.17, 15) is 9.59 Å². The third-order valence-corrected chi connectivity index (χ3v) is 7.48. The van der Waals surface area contributed by atoms with E-state index in [-0.39, 0.29) is 12.6 Å². The molecule has 0 amide bonds. The SMILES string of the molecule is CCC(C)SSc1nc(N)nc2c1ncn2C1C[C@H](OC(C)=O)[C@@H](COC(C)=O)O1. The van der Waals surface area contributed by atoms with E-state index in [2.05, 4.69) is 28.8 Å². The first-order valence-electron chi connectivity index (χ1n) is 9.57.